The van der Waals surface area contributed by atoms with E-state index in [2.05, 4.69) is 15.7 Å². The lowest BCUT2D eigenvalue weighted by Gasteiger charge is -2.20. The number of nitrogens with one attached hydrogen (secondary N) is 1. The van der Waals surface area contributed by atoms with Crippen molar-refractivity contribution in [1.82, 2.24) is 5.01 Å². The van der Waals surface area contributed by atoms with E-state index in [1.807, 2.05) is 19.9 Å². The fraction of sp³-hybridized carbons (Fsp3) is 0.250. The van der Waals surface area contributed by atoms with Gasteiger partial charge in [-0.15, -0.1) is 0 Å². The number of hydrogen-bond donors (Lipinski definition) is 1. The Morgan fingerprint density at radius 3 is 2.52 bits per heavy atom. The first-order chi connectivity index (χ1) is 13.8. The lowest BCUT2D eigenvalue weighted by atomic mass is 10.1. The van der Waals surface area contributed by atoms with E-state index in [4.69, 9.17) is 11.6 Å². The van der Waals surface area contributed by atoms with Crippen molar-refractivity contribution in [2.75, 3.05) is 16.8 Å². The van der Waals surface area contributed by atoms with Gasteiger partial charge in [0.2, 0.25) is 5.91 Å². The van der Waals surface area contributed by atoms with Crippen molar-refractivity contribution in [1.29, 1.82) is 0 Å². The Balaban J connectivity index is 1.51. The molecule has 0 aromatic heterocycles. The molecule has 1 saturated heterocycles. The predicted octanol–water partition coefficient (Wildman–Crippen LogP) is 2.89. The van der Waals surface area contributed by atoms with Gasteiger partial charge in [-0.1, -0.05) is 29.0 Å². The molecule has 4 rings (SSSR count). The SMILES string of the molecule is Cc1cc(C)cc(N2C(=O)C3N=NN(CC(=O)Nc4cccc(Cl)c4)C3C2=O)c1. The highest BCUT2D eigenvalue weighted by Gasteiger charge is 2.55. The first kappa shape index (κ1) is 19.1. The Morgan fingerprint density at radius 1 is 1.10 bits per heavy atom. The summed E-state index contributed by atoms with van der Waals surface area (Å²) in [6.45, 7) is 3.58. The van der Waals surface area contributed by atoms with E-state index in [9.17, 15) is 14.4 Å². The average molecular weight is 412 g/mol. The van der Waals surface area contributed by atoms with Crippen molar-refractivity contribution in [2.24, 2.45) is 10.3 Å². The Morgan fingerprint density at radius 2 is 1.83 bits per heavy atom. The van der Waals surface area contributed by atoms with Crippen LogP contribution in [-0.2, 0) is 14.4 Å². The van der Waals surface area contributed by atoms with Crippen LogP contribution in [0.4, 0.5) is 11.4 Å². The summed E-state index contributed by atoms with van der Waals surface area (Å²) in [6.07, 6.45) is 0. The van der Waals surface area contributed by atoms with E-state index in [0.29, 0.717) is 16.4 Å². The third kappa shape index (κ3) is 3.58. The summed E-state index contributed by atoms with van der Waals surface area (Å²) < 4.78 is 0. The van der Waals surface area contributed by atoms with E-state index >= 15 is 0 Å². The maximum atomic E-state index is 13.0. The zero-order valence-corrected chi connectivity index (χ0v) is 16.6. The minimum absolute atomic E-state index is 0.211. The first-order valence-corrected chi connectivity index (χ1v) is 9.40. The summed E-state index contributed by atoms with van der Waals surface area (Å²) in [4.78, 5) is 39.3. The molecular formula is C20H18ClN5O3. The largest absolute Gasteiger partial charge is 0.324 e. The van der Waals surface area contributed by atoms with E-state index in [1.54, 1.807) is 36.4 Å². The standard InChI is InChI=1S/C20H18ClN5O3/c1-11-6-12(2)8-15(7-11)26-19(28)17-18(20(26)29)25(24-23-17)10-16(27)22-14-5-3-4-13(21)9-14/h3-9,17-18H,10H2,1-2H3,(H,22,27). The molecule has 0 saturated carbocycles. The highest BCUT2D eigenvalue weighted by Crippen LogP contribution is 2.32. The summed E-state index contributed by atoms with van der Waals surface area (Å²) in [5.41, 5.74) is 2.92. The molecule has 9 heteroatoms. The molecule has 2 atom stereocenters. The highest BCUT2D eigenvalue weighted by molar-refractivity contribution is 6.31. The molecule has 2 aromatic rings. The van der Waals surface area contributed by atoms with Gasteiger partial charge in [0.05, 0.1) is 5.69 Å². The van der Waals surface area contributed by atoms with Crippen molar-refractivity contribution in [3.05, 3.63) is 58.6 Å². The van der Waals surface area contributed by atoms with Gasteiger partial charge in [-0.2, -0.15) is 5.11 Å². The smallest absolute Gasteiger partial charge is 0.263 e. The second kappa shape index (κ2) is 7.29. The molecule has 2 aliphatic heterocycles. The van der Waals surface area contributed by atoms with Crippen molar-refractivity contribution >= 4 is 40.7 Å². The molecule has 3 amide bonds. The van der Waals surface area contributed by atoms with Gasteiger partial charge in [-0.3, -0.25) is 19.4 Å². The van der Waals surface area contributed by atoms with Gasteiger partial charge in [-0.05, 0) is 55.3 Å². The maximum absolute atomic E-state index is 13.0. The van der Waals surface area contributed by atoms with Crippen molar-refractivity contribution in [3.63, 3.8) is 0 Å². The normalized spacial score (nSPS) is 20.4. The third-order valence-corrected chi connectivity index (χ3v) is 4.97. The molecule has 29 heavy (non-hydrogen) atoms. The Kier molecular flexibility index (Phi) is 4.79. The second-order valence-electron chi connectivity index (χ2n) is 7.11. The number of benzene rings is 2. The van der Waals surface area contributed by atoms with Crippen LogP contribution in [0.1, 0.15) is 11.1 Å². The number of anilines is 2. The maximum Gasteiger partial charge on any atom is 0.263 e. The van der Waals surface area contributed by atoms with Crippen LogP contribution >= 0.6 is 11.6 Å². The molecular weight excluding hydrogens is 394 g/mol. The first-order valence-electron chi connectivity index (χ1n) is 9.02. The van der Waals surface area contributed by atoms with Crippen molar-refractivity contribution in [3.8, 4) is 0 Å². The molecule has 1 fully saturated rings. The fourth-order valence-corrected chi connectivity index (χ4v) is 3.79. The number of carbonyl (C=O) groups excluding carboxylic acids is 3. The molecule has 1 N–H and O–H groups in total. The van der Waals surface area contributed by atoms with E-state index in [1.165, 1.54) is 5.01 Å². The molecule has 2 aromatic carbocycles. The van der Waals surface area contributed by atoms with Gasteiger partial charge >= 0.3 is 0 Å². The van der Waals surface area contributed by atoms with Gasteiger partial charge in [0.25, 0.3) is 11.8 Å². The van der Waals surface area contributed by atoms with Crippen LogP contribution in [0.25, 0.3) is 0 Å². The van der Waals surface area contributed by atoms with E-state index in [-0.39, 0.29) is 6.54 Å². The quantitative estimate of drug-likeness (QED) is 0.782. The average Bonchev–Trinajstić information content (AvgIpc) is 3.14. The number of carbonyl (C=O) groups is 3. The Labute approximate surface area is 172 Å². The highest BCUT2D eigenvalue weighted by atomic mass is 35.5. The molecule has 0 bridgehead atoms. The second-order valence-corrected chi connectivity index (χ2v) is 7.54. The van der Waals surface area contributed by atoms with Crippen LogP contribution < -0.4 is 10.2 Å². The van der Waals surface area contributed by atoms with E-state index < -0.39 is 29.8 Å². The summed E-state index contributed by atoms with van der Waals surface area (Å²) in [5, 5.41) is 12.3. The van der Waals surface area contributed by atoms with Crippen molar-refractivity contribution < 1.29 is 14.4 Å². The molecule has 148 valence electrons. The number of fused-ring (bicyclic) bond motifs is 1. The van der Waals surface area contributed by atoms with Gasteiger partial charge < -0.3 is 5.32 Å². The summed E-state index contributed by atoms with van der Waals surface area (Å²) in [5.74, 6) is -1.27. The molecule has 0 radical (unpaired) electrons. The number of halogens is 1. The monoisotopic (exact) mass is 411 g/mol. The van der Waals surface area contributed by atoms with Gasteiger partial charge in [0, 0.05) is 10.7 Å². The van der Waals surface area contributed by atoms with Crippen LogP contribution in [0.3, 0.4) is 0 Å². The lowest BCUT2D eigenvalue weighted by Crippen LogP contribution is -2.43. The number of amides is 3. The predicted molar refractivity (Wildman–Crippen MR) is 108 cm³/mol. The number of hydrogen-bond acceptors (Lipinski definition) is 6. The fourth-order valence-electron chi connectivity index (χ4n) is 3.60. The van der Waals surface area contributed by atoms with Gasteiger partial charge in [0.1, 0.15) is 6.54 Å². The number of aryl methyl sites for hydroxylation is 2. The summed E-state index contributed by atoms with van der Waals surface area (Å²) in [7, 11) is 0. The minimum Gasteiger partial charge on any atom is -0.324 e. The zero-order chi connectivity index (χ0) is 20.7. The van der Waals surface area contributed by atoms with Crippen LogP contribution in [0.2, 0.25) is 5.02 Å². The molecule has 0 spiro atoms. The Bertz CT molecular complexity index is 1030. The lowest BCUT2D eigenvalue weighted by molar-refractivity contribution is -0.123. The van der Waals surface area contributed by atoms with Crippen LogP contribution in [-0.4, -0.2) is 41.4 Å². The van der Waals surface area contributed by atoms with Crippen LogP contribution in [0, 0.1) is 13.8 Å². The summed E-state index contributed by atoms with van der Waals surface area (Å²) >= 11 is 5.92. The Hall–Kier alpha value is -3.26. The molecule has 8 nitrogen and oxygen atoms in total. The molecule has 2 aliphatic rings. The zero-order valence-electron chi connectivity index (χ0n) is 15.8. The molecule has 2 unspecified atom stereocenters. The van der Waals surface area contributed by atoms with Crippen LogP contribution in [0.15, 0.2) is 52.8 Å². The van der Waals surface area contributed by atoms with Gasteiger partial charge in [-0.25, -0.2) is 4.90 Å². The minimum atomic E-state index is -0.942. The number of nitrogens with zero attached hydrogens (tertiary/aromatic N) is 4. The molecule has 2 heterocycles. The third-order valence-electron chi connectivity index (χ3n) is 4.74. The van der Waals surface area contributed by atoms with Crippen molar-refractivity contribution in [2.45, 2.75) is 25.9 Å². The molecule has 0 aliphatic carbocycles. The van der Waals surface area contributed by atoms with Gasteiger partial charge in [0.15, 0.2) is 12.1 Å². The number of imide groups is 1. The van der Waals surface area contributed by atoms with E-state index in [0.717, 1.165) is 16.0 Å². The number of rotatable bonds is 4. The van der Waals surface area contributed by atoms with Crippen LogP contribution in [0.5, 0.6) is 0 Å². The topological polar surface area (TPSA) is 94.4 Å². The summed E-state index contributed by atoms with van der Waals surface area (Å²) in [6, 6.07) is 10.4.